The van der Waals surface area contributed by atoms with Gasteiger partial charge in [-0.05, 0) is 30.7 Å². The van der Waals surface area contributed by atoms with Gasteiger partial charge in [-0.15, -0.1) is 0 Å². The molecule has 1 rings (SSSR count). The Morgan fingerprint density at radius 2 is 1.93 bits per heavy atom. The predicted molar refractivity (Wildman–Crippen MR) is 54.4 cm³/mol. The molecule has 1 N–H and O–H groups in total. The fourth-order valence-electron chi connectivity index (χ4n) is 1.00. The lowest BCUT2D eigenvalue weighted by atomic mass is 10.1. The molecule has 0 heterocycles. The third-order valence-corrected chi connectivity index (χ3v) is 1.82. The van der Waals surface area contributed by atoms with Gasteiger partial charge < -0.3 is 5.11 Å². The molecule has 0 unspecified atom stereocenters. The van der Waals surface area contributed by atoms with Gasteiger partial charge in [-0.25, -0.2) is 4.79 Å². The number of nitro benzene ring substituents is 1. The zero-order valence-corrected chi connectivity index (χ0v) is 8.01. The fraction of sp³-hybridized carbons (Fsp3) is 0.100. The molecule has 5 nitrogen and oxygen atoms in total. The second-order valence-corrected chi connectivity index (χ2v) is 2.98. The van der Waals surface area contributed by atoms with Crippen molar-refractivity contribution < 1.29 is 14.8 Å². The van der Waals surface area contributed by atoms with Crippen LogP contribution in [0.5, 0.6) is 0 Å². The highest BCUT2D eigenvalue weighted by Gasteiger charge is 2.04. The Hall–Kier alpha value is -2.17. The van der Waals surface area contributed by atoms with Crippen LogP contribution in [0.15, 0.2) is 29.8 Å². The lowest BCUT2D eigenvalue weighted by Gasteiger charge is -1.95. The number of carboxylic acid groups (broad SMARTS) is 1. The van der Waals surface area contributed by atoms with Gasteiger partial charge in [0.2, 0.25) is 0 Å². The lowest BCUT2D eigenvalue weighted by Crippen LogP contribution is -1.95. The molecule has 5 heteroatoms. The minimum absolute atomic E-state index is 0.0138. The summed E-state index contributed by atoms with van der Waals surface area (Å²) < 4.78 is 0. The first-order chi connectivity index (χ1) is 7.00. The molecule has 0 aliphatic rings. The quantitative estimate of drug-likeness (QED) is 0.467. The van der Waals surface area contributed by atoms with Crippen LogP contribution in [0, 0.1) is 10.1 Å². The van der Waals surface area contributed by atoms with Crippen LogP contribution in [0.1, 0.15) is 12.5 Å². The van der Waals surface area contributed by atoms with E-state index in [9.17, 15) is 14.9 Å². The highest BCUT2D eigenvalue weighted by Crippen LogP contribution is 2.14. The number of nitro groups is 1. The largest absolute Gasteiger partial charge is 0.478 e. The third kappa shape index (κ3) is 2.91. The van der Waals surface area contributed by atoms with E-state index in [0.29, 0.717) is 5.56 Å². The number of benzene rings is 1. The molecule has 0 aromatic heterocycles. The summed E-state index contributed by atoms with van der Waals surface area (Å²) in [4.78, 5) is 20.3. The van der Waals surface area contributed by atoms with Crippen molar-refractivity contribution in [2.45, 2.75) is 6.92 Å². The van der Waals surface area contributed by atoms with Crippen LogP contribution in [0.25, 0.3) is 6.08 Å². The number of rotatable bonds is 3. The van der Waals surface area contributed by atoms with Crippen LogP contribution in [0.3, 0.4) is 0 Å². The van der Waals surface area contributed by atoms with Gasteiger partial charge in [0, 0.05) is 17.7 Å². The number of non-ortho nitro benzene ring substituents is 1. The molecule has 1 aromatic rings. The molecule has 0 fully saturated rings. The zero-order valence-electron chi connectivity index (χ0n) is 8.01. The van der Waals surface area contributed by atoms with Crippen LogP contribution in [-0.2, 0) is 4.79 Å². The molecule has 78 valence electrons. The Morgan fingerprint density at radius 1 is 1.40 bits per heavy atom. The van der Waals surface area contributed by atoms with Gasteiger partial charge in [-0.2, -0.15) is 0 Å². The van der Waals surface area contributed by atoms with Gasteiger partial charge in [0.25, 0.3) is 5.69 Å². The molecular weight excluding hydrogens is 198 g/mol. The van der Waals surface area contributed by atoms with Crippen LogP contribution >= 0.6 is 0 Å². The van der Waals surface area contributed by atoms with Crippen molar-refractivity contribution in [3.63, 3.8) is 0 Å². The SMILES string of the molecule is C/C(=C/c1ccc([N+](=O)[O-])cc1)C(=O)O. The molecule has 0 aliphatic heterocycles. The smallest absolute Gasteiger partial charge is 0.331 e. The van der Waals surface area contributed by atoms with Crippen LogP contribution in [0.4, 0.5) is 5.69 Å². The van der Waals surface area contributed by atoms with E-state index >= 15 is 0 Å². The maximum Gasteiger partial charge on any atom is 0.331 e. The van der Waals surface area contributed by atoms with Crippen molar-refractivity contribution >= 4 is 17.7 Å². The molecular formula is C10H9NO4. The number of carboxylic acids is 1. The molecule has 0 saturated carbocycles. The minimum Gasteiger partial charge on any atom is -0.478 e. The molecule has 0 bridgehead atoms. The van der Waals surface area contributed by atoms with Gasteiger partial charge in [-0.1, -0.05) is 0 Å². The van der Waals surface area contributed by atoms with E-state index in [2.05, 4.69) is 0 Å². The molecule has 0 atom stereocenters. The van der Waals surface area contributed by atoms with Crippen molar-refractivity contribution in [3.8, 4) is 0 Å². The van der Waals surface area contributed by atoms with E-state index in [0.717, 1.165) is 0 Å². The van der Waals surface area contributed by atoms with Gasteiger partial charge in [-0.3, -0.25) is 10.1 Å². The molecule has 1 aromatic carbocycles. The predicted octanol–water partition coefficient (Wildman–Crippen LogP) is 2.08. The first-order valence-corrected chi connectivity index (χ1v) is 4.17. The first-order valence-electron chi connectivity index (χ1n) is 4.17. The second-order valence-electron chi connectivity index (χ2n) is 2.98. The molecule has 15 heavy (non-hydrogen) atoms. The standard InChI is InChI=1S/C10H9NO4/c1-7(10(12)13)6-8-2-4-9(5-3-8)11(14)15/h2-6H,1H3,(H,12,13)/b7-6-. The molecule has 0 aliphatic carbocycles. The van der Waals surface area contributed by atoms with Crippen molar-refractivity contribution in [2.24, 2.45) is 0 Å². The van der Waals surface area contributed by atoms with Gasteiger partial charge >= 0.3 is 5.97 Å². The summed E-state index contributed by atoms with van der Waals surface area (Å²) in [6, 6.07) is 5.68. The third-order valence-electron chi connectivity index (χ3n) is 1.82. The number of carbonyl (C=O) groups is 1. The van der Waals surface area contributed by atoms with Crippen molar-refractivity contribution in [2.75, 3.05) is 0 Å². The fourth-order valence-corrected chi connectivity index (χ4v) is 1.00. The highest BCUT2D eigenvalue weighted by molar-refractivity contribution is 5.91. The monoisotopic (exact) mass is 207 g/mol. The van der Waals surface area contributed by atoms with Crippen molar-refractivity contribution in [1.29, 1.82) is 0 Å². The summed E-state index contributed by atoms with van der Waals surface area (Å²) in [5.74, 6) is -1.01. The normalized spacial score (nSPS) is 11.1. The van der Waals surface area contributed by atoms with E-state index in [1.54, 1.807) is 0 Å². The van der Waals surface area contributed by atoms with E-state index in [4.69, 9.17) is 5.11 Å². The minimum atomic E-state index is -1.01. The highest BCUT2D eigenvalue weighted by atomic mass is 16.6. The Kier molecular flexibility index (Phi) is 3.17. The van der Waals surface area contributed by atoms with Gasteiger partial charge in [0.15, 0.2) is 0 Å². The average Bonchev–Trinajstić information content (AvgIpc) is 2.18. The Bertz CT molecular complexity index is 420. The van der Waals surface area contributed by atoms with Crippen molar-refractivity contribution in [1.82, 2.24) is 0 Å². The Morgan fingerprint density at radius 3 is 2.33 bits per heavy atom. The van der Waals surface area contributed by atoms with Crippen molar-refractivity contribution in [3.05, 3.63) is 45.5 Å². The lowest BCUT2D eigenvalue weighted by molar-refractivity contribution is -0.384. The van der Waals surface area contributed by atoms with E-state index in [1.807, 2.05) is 0 Å². The van der Waals surface area contributed by atoms with E-state index in [-0.39, 0.29) is 11.3 Å². The summed E-state index contributed by atoms with van der Waals surface area (Å²) in [5, 5.41) is 18.9. The summed E-state index contributed by atoms with van der Waals surface area (Å²) in [6.07, 6.45) is 1.45. The average molecular weight is 207 g/mol. The molecule has 0 spiro atoms. The zero-order chi connectivity index (χ0) is 11.4. The number of nitrogens with zero attached hydrogens (tertiary/aromatic N) is 1. The number of hydrogen-bond donors (Lipinski definition) is 1. The second kappa shape index (κ2) is 4.36. The summed E-state index contributed by atoms with van der Waals surface area (Å²) in [6.45, 7) is 1.46. The number of hydrogen-bond acceptors (Lipinski definition) is 3. The van der Waals surface area contributed by atoms with Gasteiger partial charge in [0.1, 0.15) is 0 Å². The summed E-state index contributed by atoms with van der Waals surface area (Å²) in [5.41, 5.74) is 0.796. The van der Waals surface area contributed by atoms with E-state index < -0.39 is 10.9 Å². The summed E-state index contributed by atoms with van der Waals surface area (Å²) >= 11 is 0. The van der Waals surface area contributed by atoms with Gasteiger partial charge in [0.05, 0.1) is 4.92 Å². The molecule has 0 saturated heterocycles. The van der Waals surface area contributed by atoms with Crippen LogP contribution in [-0.4, -0.2) is 16.0 Å². The molecule has 0 amide bonds. The number of aliphatic carboxylic acids is 1. The van der Waals surface area contributed by atoms with Crippen LogP contribution < -0.4 is 0 Å². The Balaban J connectivity index is 2.95. The molecule has 0 radical (unpaired) electrons. The maximum absolute atomic E-state index is 10.5. The van der Waals surface area contributed by atoms with Crippen LogP contribution in [0.2, 0.25) is 0 Å². The van der Waals surface area contributed by atoms with E-state index in [1.165, 1.54) is 37.3 Å². The summed E-state index contributed by atoms with van der Waals surface area (Å²) in [7, 11) is 0. The Labute approximate surface area is 85.8 Å². The first kappa shape index (κ1) is 10.9. The topological polar surface area (TPSA) is 80.4 Å². The maximum atomic E-state index is 10.5.